The fourth-order valence-corrected chi connectivity index (χ4v) is 2.77. The van der Waals surface area contributed by atoms with Crippen molar-refractivity contribution in [3.63, 3.8) is 0 Å². The van der Waals surface area contributed by atoms with Gasteiger partial charge >= 0.3 is 0 Å². The molecule has 0 fully saturated rings. The minimum atomic E-state index is -3.24. The number of hydrogen-bond acceptors (Lipinski definition) is 5. The number of nitro groups is 1. The van der Waals surface area contributed by atoms with Gasteiger partial charge in [-0.2, -0.15) is 0 Å². The van der Waals surface area contributed by atoms with Gasteiger partial charge < -0.3 is 5.32 Å². The third-order valence-electron chi connectivity index (χ3n) is 2.88. The molecule has 0 saturated heterocycles. The van der Waals surface area contributed by atoms with Gasteiger partial charge in [0.25, 0.3) is 5.69 Å². The minimum Gasteiger partial charge on any atom is -0.379 e. The number of nitrogens with one attached hydrogen (secondary N) is 1. The molecule has 21 heavy (non-hydrogen) atoms. The maximum Gasteiger partial charge on any atom is 0.295 e. The molecule has 0 saturated carbocycles. The fourth-order valence-electron chi connectivity index (χ4n) is 1.84. The first-order chi connectivity index (χ1) is 9.75. The van der Waals surface area contributed by atoms with E-state index in [1.807, 2.05) is 0 Å². The van der Waals surface area contributed by atoms with Crippen LogP contribution in [0.3, 0.4) is 0 Å². The van der Waals surface area contributed by atoms with Gasteiger partial charge in [0, 0.05) is 19.6 Å². The minimum absolute atomic E-state index is 0.212. The van der Waals surface area contributed by atoms with Gasteiger partial charge in [-0.05, 0) is 18.6 Å². The van der Waals surface area contributed by atoms with Crippen LogP contribution < -0.4 is 5.32 Å². The maximum absolute atomic E-state index is 13.0. The van der Waals surface area contributed by atoms with Crippen LogP contribution >= 0.6 is 0 Å². The van der Waals surface area contributed by atoms with Gasteiger partial charge in [0.1, 0.15) is 11.5 Å². The summed E-state index contributed by atoms with van der Waals surface area (Å²) in [5, 5.41) is 13.6. The lowest BCUT2D eigenvalue weighted by Crippen LogP contribution is -2.31. The number of hydrogen-bond donors (Lipinski definition) is 1. The highest BCUT2D eigenvalue weighted by molar-refractivity contribution is 7.88. The van der Waals surface area contributed by atoms with E-state index in [4.69, 9.17) is 0 Å². The Morgan fingerprint density at radius 2 is 2.10 bits per heavy atom. The molecule has 0 amide bonds. The van der Waals surface area contributed by atoms with Crippen LogP contribution in [0.25, 0.3) is 0 Å². The van der Waals surface area contributed by atoms with Crippen LogP contribution in [0.1, 0.15) is 13.3 Å². The number of nitro benzene ring substituents is 1. The molecule has 9 heteroatoms. The van der Waals surface area contributed by atoms with E-state index < -0.39 is 20.8 Å². The Bertz CT molecular complexity index is 607. The Morgan fingerprint density at radius 3 is 2.62 bits per heavy atom. The predicted octanol–water partition coefficient (Wildman–Crippen LogP) is 1.82. The molecule has 0 spiro atoms. The highest BCUT2D eigenvalue weighted by atomic mass is 32.2. The smallest absolute Gasteiger partial charge is 0.295 e. The molecule has 0 bridgehead atoms. The van der Waals surface area contributed by atoms with Gasteiger partial charge in [0.2, 0.25) is 10.0 Å². The molecule has 118 valence electrons. The van der Waals surface area contributed by atoms with E-state index in [0.29, 0.717) is 26.1 Å². The second-order valence-corrected chi connectivity index (χ2v) is 6.44. The van der Waals surface area contributed by atoms with Crippen LogP contribution in [0, 0.1) is 15.9 Å². The van der Waals surface area contributed by atoms with Crippen molar-refractivity contribution >= 4 is 21.4 Å². The molecule has 0 unspecified atom stereocenters. The van der Waals surface area contributed by atoms with Crippen molar-refractivity contribution in [3.8, 4) is 0 Å². The van der Waals surface area contributed by atoms with Crippen molar-refractivity contribution in [1.82, 2.24) is 4.31 Å². The zero-order valence-corrected chi connectivity index (χ0v) is 12.7. The lowest BCUT2D eigenvalue weighted by atomic mass is 10.2. The van der Waals surface area contributed by atoms with Crippen LogP contribution in [0.2, 0.25) is 0 Å². The topological polar surface area (TPSA) is 92.5 Å². The van der Waals surface area contributed by atoms with Gasteiger partial charge in [0.05, 0.1) is 17.2 Å². The summed E-state index contributed by atoms with van der Waals surface area (Å²) in [4.78, 5) is 10.1. The molecule has 0 heterocycles. The number of halogens is 1. The van der Waals surface area contributed by atoms with Crippen LogP contribution in [-0.2, 0) is 10.0 Å². The summed E-state index contributed by atoms with van der Waals surface area (Å²) in [6.07, 6.45) is 1.62. The second-order valence-electron chi connectivity index (χ2n) is 4.45. The molecule has 1 aromatic rings. The van der Waals surface area contributed by atoms with Crippen molar-refractivity contribution in [1.29, 1.82) is 0 Å². The lowest BCUT2D eigenvalue weighted by molar-refractivity contribution is -0.384. The molecule has 0 aliphatic heterocycles. The highest BCUT2D eigenvalue weighted by Crippen LogP contribution is 2.24. The summed E-state index contributed by atoms with van der Waals surface area (Å²) < 4.78 is 37.1. The molecule has 0 aliphatic carbocycles. The first-order valence-electron chi connectivity index (χ1n) is 6.38. The molecule has 7 nitrogen and oxygen atoms in total. The standard InChI is InChI=1S/C12H18FN3O4S/c1-3-15(21(2,19)20)8-4-7-14-11-6-5-10(13)9-12(11)16(17)18/h5-6,9,14H,3-4,7-8H2,1-2H3. The molecule has 1 rings (SSSR count). The predicted molar refractivity (Wildman–Crippen MR) is 78.3 cm³/mol. The van der Waals surface area contributed by atoms with Gasteiger partial charge in [-0.3, -0.25) is 10.1 Å². The monoisotopic (exact) mass is 319 g/mol. The van der Waals surface area contributed by atoms with E-state index in [-0.39, 0.29) is 11.4 Å². The van der Waals surface area contributed by atoms with Crippen LogP contribution in [-0.4, -0.2) is 43.5 Å². The van der Waals surface area contributed by atoms with Crippen molar-refractivity contribution in [2.75, 3.05) is 31.2 Å². The van der Waals surface area contributed by atoms with Crippen LogP contribution in [0.4, 0.5) is 15.8 Å². The summed E-state index contributed by atoms with van der Waals surface area (Å²) >= 11 is 0. The lowest BCUT2D eigenvalue weighted by Gasteiger charge is -2.17. The SMILES string of the molecule is CCN(CCCNc1ccc(F)cc1[N+](=O)[O-])S(C)(=O)=O. The molecule has 0 aliphatic rings. The van der Waals surface area contributed by atoms with Gasteiger partial charge in [0.15, 0.2) is 0 Å². The quantitative estimate of drug-likeness (QED) is 0.448. The average molecular weight is 319 g/mol. The zero-order chi connectivity index (χ0) is 16.0. The van der Waals surface area contributed by atoms with E-state index >= 15 is 0 Å². The number of nitrogens with zero attached hydrogens (tertiary/aromatic N) is 2. The normalized spacial score (nSPS) is 11.6. The van der Waals surface area contributed by atoms with Gasteiger partial charge in [-0.1, -0.05) is 6.92 Å². The molecule has 0 atom stereocenters. The van der Waals surface area contributed by atoms with Crippen molar-refractivity contribution in [2.45, 2.75) is 13.3 Å². The largest absolute Gasteiger partial charge is 0.379 e. The maximum atomic E-state index is 13.0. The Hall–Kier alpha value is -1.74. The summed E-state index contributed by atoms with van der Waals surface area (Å²) in [7, 11) is -3.24. The zero-order valence-electron chi connectivity index (χ0n) is 11.9. The van der Waals surface area contributed by atoms with Crippen LogP contribution in [0.15, 0.2) is 18.2 Å². The Morgan fingerprint density at radius 1 is 1.43 bits per heavy atom. The number of anilines is 1. The van der Waals surface area contributed by atoms with Crippen LogP contribution in [0.5, 0.6) is 0 Å². The van der Waals surface area contributed by atoms with E-state index in [1.165, 1.54) is 10.4 Å². The summed E-state index contributed by atoms with van der Waals surface area (Å²) in [5.74, 6) is -0.679. The van der Waals surface area contributed by atoms with E-state index in [1.54, 1.807) is 6.92 Å². The molecular weight excluding hydrogens is 301 g/mol. The van der Waals surface area contributed by atoms with E-state index in [2.05, 4.69) is 5.32 Å². The molecule has 0 aromatic heterocycles. The van der Waals surface area contributed by atoms with E-state index in [9.17, 15) is 22.9 Å². The Balaban J connectivity index is 2.59. The molecule has 0 radical (unpaired) electrons. The van der Waals surface area contributed by atoms with Crippen molar-refractivity contribution < 1.29 is 17.7 Å². The second kappa shape index (κ2) is 7.32. The summed E-state index contributed by atoms with van der Waals surface area (Å²) in [6, 6.07) is 3.27. The Kier molecular flexibility index (Phi) is 6.03. The first kappa shape index (κ1) is 17.3. The molecule has 1 N–H and O–H groups in total. The number of rotatable bonds is 8. The third-order valence-corrected chi connectivity index (χ3v) is 4.26. The molecule has 1 aromatic carbocycles. The average Bonchev–Trinajstić information content (AvgIpc) is 2.38. The van der Waals surface area contributed by atoms with Gasteiger partial charge in [-0.15, -0.1) is 0 Å². The summed E-state index contributed by atoms with van der Waals surface area (Å²) in [6.45, 7) is 2.77. The highest BCUT2D eigenvalue weighted by Gasteiger charge is 2.16. The fraction of sp³-hybridized carbons (Fsp3) is 0.500. The third kappa shape index (κ3) is 5.27. The van der Waals surface area contributed by atoms with Crippen molar-refractivity contribution in [2.24, 2.45) is 0 Å². The number of sulfonamides is 1. The first-order valence-corrected chi connectivity index (χ1v) is 8.23. The molecular formula is C12H18FN3O4S. The Labute approximate surface area is 123 Å². The van der Waals surface area contributed by atoms with Crippen molar-refractivity contribution in [3.05, 3.63) is 34.1 Å². The summed E-state index contributed by atoms with van der Waals surface area (Å²) in [5.41, 5.74) is -0.130. The number of benzene rings is 1. The van der Waals surface area contributed by atoms with E-state index in [0.717, 1.165) is 18.4 Å². The van der Waals surface area contributed by atoms with Gasteiger partial charge in [-0.25, -0.2) is 17.1 Å².